The quantitative estimate of drug-likeness (QED) is 0.288. The molecular formula is C3H6BN6O4P. The molecule has 12 heteroatoms. The predicted molar refractivity (Wildman–Crippen MR) is 46.4 cm³/mol. The van der Waals surface area contributed by atoms with Gasteiger partial charge in [-0.3, -0.25) is 0 Å². The minimum atomic E-state index is -5.39. The predicted octanol–water partition coefficient (Wildman–Crippen LogP) is -4.59. The van der Waals surface area contributed by atoms with Gasteiger partial charge >= 0.3 is 8.41 Å². The van der Waals surface area contributed by atoms with Crippen LogP contribution in [-0.4, -0.2) is 23.4 Å². The van der Waals surface area contributed by atoms with Gasteiger partial charge in [0.05, 0.1) is 0 Å². The van der Waals surface area contributed by atoms with E-state index in [1.165, 1.54) is 0 Å². The first-order chi connectivity index (χ1) is 6.18. The molecule has 0 atom stereocenters. The second kappa shape index (κ2) is 6.14. The van der Waals surface area contributed by atoms with Crippen molar-refractivity contribution in [1.29, 1.82) is 0 Å². The largest absolute Gasteiger partial charge is 3.00 e. The van der Waals surface area contributed by atoms with E-state index < -0.39 is 7.82 Å². The summed E-state index contributed by atoms with van der Waals surface area (Å²) in [6.07, 6.45) is 0. The third-order valence-electron chi connectivity index (χ3n) is 0.687. The average Bonchev–Trinajstić information content (AvgIpc) is 1.77. The Labute approximate surface area is 86.4 Å². The SMILES string of the molecule is Nc1nc(N)nc(N)n1.O=P([O-])([O-])[O-].[B+3]. The van der Waals surface area contributed by atoms with Crippen LogP contribution in [0.5, 0.6) is 0 Å². The smallest absolute Gasteiger partial charge is 0.822 e. The Morgan fingerprint density at radius 2 is 1.00 bits per heavy atom. The molecule has 1 aromatic heterocycles. The maximum absolute atomic E-state index is 8.55. The molecule has 1 aromatic rings. The number of aromatic nitrogens is 3. The number of nitrogen functional groups attached to an aromatic ring is 3. The van der Waals surface area contributed by atoms with Gasteiger partial charge in [0.15, 0.2) is 0 Å². The molecule has 0 amide bonds. The van der Waals surface area contributed by atoms with E-state index in [1.807, 2.05) is 0 Å². The summed E-state index contributed by atoms with van der Waals surface area (Å²) in [5.74, 6) is 0.125. The van der Waals surface area contributed by atoms with E-state index in [-0.39, 0.29) is 26.3 Å². The van der Waals surface area contributed by atoms with Crippen molar-refractivity contribution in [1.82, 2.24) is 15.0 Å². The first-order valence-electron chi connectivity index (χ1n) is 2.94. The molecule has 0 bridgehead atoms. The van der Waals surface area contributed by atoms with Crippen LogP contribution in [0.15, 0.2) is 0 Å². The monoisotopic (exact) mass is 232 g/mol. The second-order valence-electron chi connectivity index (χ2n) is 1.86. The molecule has 10 nitrogen and oxygen atoms in total. The third-order valence-corrected chi connectivity index (χ3v) is 0.687. The van der Waals surface area contributed by atoms with Crippen LogP contribution < -0.4 is 31.9 Å². The van der Waals surface area contributed by atoms with Gasteiger partial charge in [0.2, 0.25) is 17.8 Å². The first-order valence-corrected chi connectivity index (χ1v) is 4.40. The molecule has 15 heavy (non-hydrogen) atoms. The summed E-state index contributed by atoms with van der Waals surface area (Å²) in [6, 6.07) is 0. The Kier molecular flexibility index (Phi) is 6.56. The van der Waals surface area contributed by atoms with Gasteiger partial charge in [-0.25, -0.2) is 0 Å². The molecule has 0 radical (unpaired) electrons. The zero-order valence-electron chi connectivity index (χ0n) is 7.23. The van der Waals surface area contributed by atoms with Gasteiger partial charge in [-0.15, -0.1) is 0 Å². The van der Waals surface area contributed by atoms with Crippen LogP contribution in [0, 0.1) is 0 Å². The standard InChI is InChI=1S/C3H6N6.B.H3O4P/c4-1-7-2(5)9-3(6)8-1;;1-5(2,3)4/h(H6,4,5,6,7,8,9);;(H3,1,2,3,4)/q;+3;/p-3. The van der Waals surface area contributed by atoms with Crippen LogP contribution >= 0.6 is 7.82 Å². The van der Waals surface area contributed by atoms with Crippen LogP contribution in [-0.2, 0) is 4.57 Å². The van der Waals surface area contributed by atoms with E-state index in [0.29, 0.717) is 0 Å². The summed E-state index contributed by atoms with van der Waals surface area (Å²) in [5.41, 5.74) is 15.4. The molecule has 80 valence electrons. The number of phosphoric acid groups is 1. The molecule has 1 heterocycles. The Morgan fingerprint density at radius 3 is 1.13 bits per heavy atom. The minimum Gasteiger partial charge on any atom is -0.822 e. The molecule has 0 aliphatic carbocycles. The Balaban J connectivity index is 0. The molecule has 0 aromatic carbocycles. The van der Waals surface area contributed by atoms with Gasteiger partial charge in [-0.05, 0) is 0 Å². The van der Waals surface area contributed by atoms with Gasteiger partial charge in [-0.2, -0.15) is 22.8 Å². The molecule has 6 N–H and O–H groups in total. The molecule has 1 rings (SSSR count). The summed E-state index contributed by atoms with van der Waals surface area (Å²) >= 11 is 0. The first kappa shape index (κ1) is 16.0. The number of rotatable bonds is 0. The molecule has 0 unspecified atom stereocenters. The van der Waals surface area contributed by atoms with Crippen molar-refractivity contribution < 1.29 is 19.2 Å². The Hall–Kier alpha value is -1.42. The number of nitrogens with zero attached hydrogens (tertiary/aromatic N) is 3. The molecule has 0 saturated heterocycles. The summed E-state index contributed by atoms with van der Waals surface area (Å²) < 4.78 is 8.55. The summed E-state index contributed by atoms with van der Waals surface area (Å²) in [5, 5.41) is 0. The number of nitrogens with two attached hydrogens (primary N) is 3. The van der Waals surface area contributed by atoms with Crippen molar-refractivity contribution in [3.63, 3.8) is 0 Å². The van der Waals surface area contributed by atoms with E-state index in [4.69, 9.17) is 36.4 Å². The maximum Gasteiger partial charge on any atom is 3.00 e. The summed E-state index contributed by atoms with van der Waals surface area (Å²) in [6.45, 7) is 0. The van der Waals surface area contributed by atoms with E-state index >= 15 is 0 Å². The molecule has 0 spiro atoms. The van der Waals surface area contributed by atoms with Gasteiger partial charge in [-0.1, -0.05) is 0 Å². The number of anilines is 3. The molecular weight excluding hydrogens is 226 g/mol. The maximum atomic E-state index is 8.55. The van der Waals surface area contributed by atoms with Crippen LogP contribution in [0.25, 0.3) is 0 Å². The van der Waals surface area contributed by atoms with Crippen LogP contribution in [0.2, 0.25) is 0 Å². The van der Waals surface area contributed by atoms with Crippen molar-refractivity contribution in [3.05, 3.63) is 0 Å². The number of hydrogen-bond donors (Lipinski definition) is 3. The Morgan fingerprint density at radius 1 is 0.867 bits per heavy atom. The fraction of sp³-hybridized carbons (Fsp3) is 0. The molecule has 0 aliphatic heterocycles. The zero-order chi connectivity index (χ0) is 11.4. The van der Waals surface area contributed by atoms with Crippen molar-refractivity contribution in [2.75, 3.05) is 17.2 Å². The third kappa shape index (κ3) is 12.6. The van der Waals surface area contributed by atoms with Crippen LogP contribution in [0.3, 0.4) is 0 Å². The Bertz CT molecular complexity index is 297. The van der Waals surface area contributed by atoms with Crippen LogP contribution in [0.1, 0.15) is 0 Å². The van der Waals surface area contributed by atoms with Gasteiger partial charge in [0, 0.05) is 0 Å². The van der Waals surface area contributed by atoms with E-state index in [9.17, 15) is 0 Å². The van der Waals surface area contributed by atoms with Gasteiger partial charge in [0.1, 0.15) is 0 Å². The van der Waals surface area contributed by atoms with Crippen LogP contribution in [0.4, 0.5) is 17.8 Å². The average molecular weight is 232 g/mol. The fourth-order valence-corrected chi connectivity index (χ4v) is 0.427. The molecule has 0 saturated carbocycles. The van der Waals surface area contributed by atoms with E-state index in [2.05, 4.69) is 15.0 Å². The molecule has 0 aliphatic rings. The number of hydrogen-bond acceptors (Lipinski definition) is 10. The van der Waals surface area contributed by atoms with Crippen molar-refractivity contribution in [2.45, 2.75) is 0 Å². The van der Waals surface area contributed by atoms with Crippen molar-refractivity contribution >= 4 is 34.1 Å². The van der Waals surface area contributed by atoms with Gasteiger partial charge < -0.3 is 36.4 Å². The van der Waals surface area contributed by atoms with Crippen molar-refractivity contribution in [2.24, 2.45) is 0 Å². The zero-order valence-corrected chi connectivity index (χ0v) is 8.13. The van der Waals surface area contributed by atoms with E-state index in [0.717, 1.165) is 0 Å². The van der Waals surface area contributed by atoms with E-state index in [1.54, 1.807) is 0 Å². The fourth-order valence-electron chi connectivity index (χ4n) is 0.427. The second-order valence-corrected chi connectivity index (χ2v) is 2.75. The summed E-state index contributed by atoms with van der Waals surface area (Å²) in [4.78, 5) is 36.1. The molecule has 0 fully saturated rings. The topological polar surface area (TPSA) is 203 Å². The van der Waals surface area contributed by atoms with Crippen molar-refractivity contribution in [3.8, 4) is 0 Å². The summed E-state index contributed by atoms with van der Waals surface area (Å²) in [7, 11) is -5.39. The minimum absolute atomic E-state index is 0. The van der Waals surface area contributed by atoms with Gasteiger partial charge in [0.25, 0.3) is 0 Å². The normalized spacial score (nSPS) is 9.53.